The fourth-order valence-corrected chi connectivity index (χ4v) is 5.25. The lowest BCUT2D eigenvalue weighted by atomic mass is 10.1. The number of imidazole rings is 2. The van der Waals surface area contributed by atoms with Crippen molar-refractivity contribution < 1.29 is 40.1 Å². The van der Waals surface area contributed by atoms with E-state index in [0.29, 0.717) is 0 Å². The fourth-order valence-electron chi connectivity index (χ4n) is 5.25. The SMILES string of the molecule is NNc1ncnc2c1ncn2C1(N2C=Nc3c(ncn3[C@@H]3O[C@H](CO)C(O)C3O)C2N)O[C@H](CO)[C@@H](O)[C@H]1O. The lowest BCUT2D eigenvalue weighted by Gasteiger charge is -2.45. The van der Waals surface area contributed by atoms with E-state index in [1.54, 1.807) is 0 Å². The summed E-state index contributed by atoms with van der Waals surface area (Å²) in [7, 11) is 0. The molecule has 0 aromatic carbocycles. The van der Waals surface area contributed by atoms with Crippen molar-refractivity contribution in [2.24, 2.45) is 16.6 Å². The van der Waals surface area contributed by atoms with Crippen LogP contribution in [0, 0.1) is 0 Å². The number of nitrogens with zero attached hydrogens (tertiary/aromatic N) is 8. The molecule has 2 fully saturated rings. The molecule has 9 atom stereocenters. The van der Waals surface area contributed by atoms with Gasteiger partial charge in [-0.1, -0.05) is 0 Å². The number of nitrogens with two attached hydrogens (primary N) is 2. The lowest BCUT2D eigenvalue weighted by Crippen LogP contribution is -2.60. The van der Waals surface area contributed by atoms with Gasteiger partial charge in [-0.2, -0.15) is 0 Å². The maximum absolute atomic E-state index is 11.4. The highest BCUT2D eigenvalue weighted by Gasteiger charge is 2.61. The van der Waals surface area contributed by atoms with E-state index >= 15 is 0 Å². The summed E-state index contributed by atoms with van der Waals surface area (Å²) in [4.78, 5) is 22.6. The minimum atomic E-state index is -2.03. The second kappa shape index (κ2) is 9.38. The first-order valence-electron chi connectivity index (χ1n) is 11.9. The number of hydrazine groups is 1. The van der Waals surface area contributed by atoms with Crippen LogP contribution >= 0.6 is 0 Å². The Kier molecular flexibility index (Phi) is 6.22. The van der Waals surface area contributed by atoms with Gasteiger partial charge in [0.1, 0.15) is 55.0 Å². The number of aliphatic imine (C=N–C) groups is 1. The average Bonchev–Trinajstić information content (AvgIpc) is 3.70. The van der Waals surface area contributed by atoms with Crippen molar-refractivity contribution in [1.29, 1.82) is 0 Å². The van der Waals surface area contributed by atoms with Crippen molar-refractivity contribution in [3.63, 3.8) is 0 Å². The quantitative estimate of drug-likeness (QED) is 0.103. The van der Waals surface area contributed by atoms with Gasteiger partial charge >= 0.3 is 0 Å². The van der Waals surface area contributed by atoms with Gasteiger partial charge in [-0.25, -0.2) is 30.8 Å². The standard InChI is InChI=1S/C20H27N11O8/c21-15-9-17(29(4-25-9)19-13(36)11(34)7(1-32)38-19)27-6-30(15)20(14(37)12(35)8(2-33)39-20)31-5-26-10-16(28-22)23-3-24-18(10)31/h3-8,11-15,19,32-37H,1-2,21-22H2,(H,23,24,28)/t7-,8-,11?,12-,13?,14-,15?,19-,20?/m1/s1. The Morgan fingerprint density at radius 2 is 1.74 bits per heavy atom. The van der Waals surface area contributed by atoms with Crippen LogP contribution in [-0.2, 0) is 15.3 Å². The van der Waals surface area contributed by atoms with E-state index in [1.165, 1.54) is 39.4 Å². The smallest absolute Gasteiger partial charge is 0.260 e. The van der Waals surface area contributed by atoms with Crippen molar-refractivity contribution in [3.05, 3.63) is 24.7 Å². The van der Waals surface area contributed by atoms with Crippen molar-refractivity contribution in [2.75, 3.05) is 18.6 Å². The molecule has 0 saturated carbocycles. The van der Waals surface area contributed by atoms with E-state index in [9.17, 15) is 30.6 Å². The molecule has 0 bridgehead atoms. The maximum atomic E-state index is 11.4. The number of aliphatic hydroxyl groups excluding tert-OH is 6. The molecule has 3 aliphatic heterocycles. The largest absolute Gasteiger partial charge is 0.394 e. The number of hydrogen-bond acceptors (Lipinski definition) is 17. The van der Waals surface area contributed by atoms with Crippen LogP contribution in [0.1, 0.15) is 18.1 Å². The van der Waals surface area contributed by atoms with Crippen LogP contribution in [0.15, 0.2) is 24.0 Å². The van der Waals surface area contributed by atoms with Crippen LogP contribution in [0.4, 0.5) is 11.6 Å². The van der Waals surface area contributed by atoms with Gasteiger partial charge < -0.3 is 51.3 Å². The highest BCUT2D eigenvalue weighted by atomic mass is 16.6. The van der Waals surface area contributed by atoms with Crippen LogP contribution < -0.4 is 17.0 Å². The molecule has 6 heterocycles. The van der Waals surface area contributed by atoms with Gasteiger partial charge in [0.05, 0.1) is 25.9 Å². The molecule has 19 heteroatoms. The van der Waals surface area contributed by atoms with Crippen molar-refractivity contribution in [1.82, 2.24) is 34.0 Å². The molecule has 0 amide bonds. The monoisotopic (exact) mass is 549 g/mol. The first-order chi connectivity index (χ1) is 18.8. The summed E-state index contributed by atoms with van der Waals surface area (Å²) in [5.41, 5.74) is 9.55. The summed E-state index contributed by atoms with van der Waals surface area (Å²) in [6.07, 6.45) is -5.53. The number of fused-ring (bicyclic) bond motifs is 2. The van der Waals surface area contributed by atoms with Crippen LogP contribution in [0.3, 0.4) is 0 Å². The van der Waals surface area contributed by atoms with Crippen LogP contribution in [-0.4, -0.2) is 121 Å². The molecule has 4 unspecified atom stereocenters. The number of hydrogen-bond donors (Lipinski definition) is 9. The molecule has 3 aromatic heterocycles. The van der Waals surface area contributed by atoms with Crippen LogP contribution in [0.2, 0.25) is 0 Å². The van der Waals surface area contributed by atoms with Gasteiger partial charge in [-0.05, 0) is 0 Å². The predicted molar refractivity (Wildman–Crippen MR) is 127 cm³/mol. The van der Waals surface area contributed by atoms with E-state index in [2.05, 4.69) is 30.4 Å². The van der Waals surface area contributed by atoms with E-state index in [0.717, 1.165) is 0 Å². The number of anilines is 1. The molecule has 3 aromatic rings. The van der Waals surface area contributed by atoms with E-state index in [1.807, 2.05) is 0 Å². The van der Waals surface area contributed by atoms with Crippen molar-refractivity contribution >= 4 is 29.1 Å². The molecule has 0 radical (unpaired) electrons. The number of nitrogen functional groups attached to an aromatic ring is 1. The minimum absolute atomic E-state index is 0.145. The highest BCUT2D eigenvalue weighted by molar-refractivity contribution is 5.82. The summed E-state index contributed by atoms with van der Waals surface area (Å²) < 4.78 is 14.4. The summed E-state index contributed by atoms with van der Waals surface area (Å²) in [6.45, 7) is -1.15. The zero-order valence-corrected chi connectivity index (χ0v) is 20.1. The number of ether oxygens (including phenoxy) is 2. The molecule has 0 aliphatic carbocycles. The second-order valence-corrected chi connectivity index (χ2v) is 9.27. The maximum Gasteiger partial charge on any atom is 0.260 e. The first kappa shape index (κ1) is 25.9. The molecule has 210 valence electrons. The molecule has 0 spiro atoms. The van der Waals surface area contributed by atoms with Gasteiger partial charge in [0.2, 0.25) is 0 Å². The highest BCUT2D eigenvalue weighted by Crippen LogP contribution is 2.46. The first-order valence-corrected chi connectivity index (χ1v) is 11.9. The summed E-state index contributed by atoms with van der Waals surface area (Å²) in [5, 5.41) is 62.1. The normalized spacial score (nSPS) is 36.2. The Morgan fingerprint density at radius 3 is 2.41 bits per heavy atom. The van der Waals surface area contributed by atoms with Crippen LogP contribution in [0.25, 0.3) is 11.2 Å². The second-order valence-electron chi connectivity index (χ2n) is 9.27. The molecule has 19 nitrogen and oxygen atoms in total. The zero-order valence-electron chi connectivity index (χ0n) is 20.1. The predicted octanol–water partition coefficient (Wildman–Crippen LogP) is -4.72. The Hall–Kier alpha value is -3.37. The Balaban J connectivity index is 1.46. The van der Waals surface area contributed by atoms with Gasteiger partial charge in [-0.15, -0.1) is 0 Å². The third-order valence-corrected chi connectivity index (χ3v) is 7.25. The van der Waals surface area contributed by atoms with Crippen molar-refractivity contribution in [2.45, 2.75) is 54.9 Å². The Bertz CT molecular complexity index is 1400. The molecule has 11 N–H and O–H groups in total. The average molecular weight is 550 g/mol. The summed E-state index contributed by atoms with van der Waals surface area (Å²) in [6, 6.07) is 0. The van der Waals surface area contributed by atoms with Gasteiger partial charge in [0.15, 0.2) is 35.1 Å². The van der Waals surface area contributed by atoms with Gasteiger partial charge in [0, 0.05) is 0 Å². The minimum Gasteiger partial charge on any atom is -0.394 e. The third-order valence-electron chi connectivity index (χ3n) is 7.25. The molecular formula is C20H27N11O8. The molecule has 6 rings (SSSR count). The summed E-state index contributed by atoms with van der Waals surface area (Å²) >= 11 is 0. The van der Waals surface area contributed by atoms with E-state index in [4.69, 9.17) is 21.1 Å². The zero-order chi connectivity index (χ0) is 27.6. The number of rotatable bonds is 6. The van der Waals surface area contributed by atoms with Crippen molar-refractivity contribution in [3.8, 4) is 0 Å². The molecule has 2 saturated heterocycles. The van der Waals surface area contributed by atoms with E-state index < -0.39 is 68.1 Å². The Morgan fingerprint density at radius 1 is 0.974 bits per heavy atom. The molecular weight excluding hydrogens is 522 g/mol. The third kappa shape index (κ3) is 3.50. The van der Waals surface area contributed by atoms with Gasteiger partial charge in [-0.3, -0.25) is 14.0 Å². The molecule has 3 aliphatic rings. The van der Waals surface area contributed by atoms with Gasteiger partial charge in [0.25, 0.3) is 5.85 Å². The number of nitrogens with one attached hydrogen (secondary N) is 1. The van der Waals surface area contributed by atoms with E-state index in [-0.39, 0.29) is 28.5 Å². The number of aliphatic hydroxyl groups is 6. The Labute approximate surface area is 218 Å². The topological polar surface area (TPSA) is 281 Å². The van der Waals surface area contributed by atoms with Crippen LogP contribution in [0.5, 0.6) is 0 Å². The number of aromatic nitrogens is 6. The lowest BCUT2D eigenvalue weighted by molar-refractivity contribution is -0.227. The summed E-state index contributed by atoms with van der Waals surface area (Å²) in [5.74, 6) is 3.86. The fraction of sp³-hybridized carbons (Fsp3) is 0.550. The molecule has 39 heavy (non-hydrogen) atoms.